The van der Waals surface area contributed by atoms with Crippen LogP contribution in [0.15, 0.2) is 0 Å². The molecule has 0 unspecified atom stereocenters. The van der Waals surface area contributed by atoms with Gasteiger partial charge in [0.2, 0.25) is 0 Å². The van der Waals surface area contributed by atoms with Crippen LogP contribution in [0.4, 0.5) is 4.79 Å². The van der Waals surface area contributed by atoms with Crippen LogP contribution in [0.1, 0.15) is 40.0 Å². The summed E-state index contributed by atoms with van der Waals surface area (Å²) in [5, 5.41) is 0. The Hall–Kier alpha value is -1.30. The summed E-state index contributed by atoms with van der Waals surface area (Å²) in [6.07, 6.45) is 1.50. The molecule has 0 saturated carbocycles. The van der Waals surface area contributed by atoms with Gasteiger partial charge < -0.3 is 18.9 Å². The van der Waals surface area contributed by atoms with Crippen LogP contribution >= 0.6 is 0 Å². The summed E-state index contributed by atoms with van der Waals surface area (Å²) < 4.78 is 19.5. The molecule has 0 aliphatic carbocycles. The van der Waals surface area contributed by atoms with Crippen molar-refractivity contribution in [3.05, 3.63) is 0 Å². The van der Waals surface area contributed by atoms with E-state index < -0.39 is 11.6 Å². The first-order valence-corrected chi connectivity index (χ1v) is 6.89. The number of esters is 1. The highest BCUT2D eigenvalue weighted by Crippen LogP contribution is 2.21. The number of carbonyl (C=O) groups excluding carboxylic acids is 2. The average Bonchev–Trinajstić information content (AvgIpc) is 2.43. The molecule has 0 aromatic rings. The quantitative estimate of drug-likeness (QED) is 0.455. The van der Waals surface area contributed by atoms with Crippen molar-refractivity contribution in [1.82, 2.24) is 0 Å². The zero-order chi connectivity index (χ0) is 15.4. The van der Waals surface area contributed by atoms with E-state index in [-0.39, 0.29) is 19.2 Å². The second-order valence-electron chi connectivity index (χ2n) is 5.02. The minimum absolute atomic E-state index is 0.00242. The zero-order valence-corrected chi connectivity index (χ0v) is 12.9. The Morgan fingerprint density at radius 3 is 2.05 bits per heavy atom. The van der Waals surface area contributed by atoms with Crippen LogP contribution < -0.4 is 0 Å². The van der Waals surface area contributed by atoms with E-state index in [1.54, 1.807) is 7.11 Å². The van der Waals surface area contributed by atoms with E-state index in [2.05, 4.69) is 0 Å². The number of rotatable bonds is 10. The van der Waals surface area contributed by atoms with Gasteiger partial charge in [-0.3, -0.25) is 4.79 Å². The van der Waals surface area contributed by atoms with Crippen LogP contribution in [-0.4, -0.2) is 45.7 Å². The van der Waals surface area contributed by atoms with Crippen molar-refractivity contribution in [2.24, 2.45) is 5.41 Å². The lowest BCUT2D eigenvalue weighted by Crippen LogP contribution is -2.27. The van der Waals surface area contributed by atoms with E-state index in [0.29, 0.717) is 19.6 Å². The van der Waals surface area contributed by atoms with Crippen LogP contribution in [0.3, 0.4) is 0 Å². The van der Waals surface area contributed by atoms with Gasteiger partial charge in [0, 0.05) is 13.7 Å². The maximum absolute atomic E-state index is 11.6. The first-order valence-electron chi connectivity index (χ1n) is 6.89. The Morgan fingerprint density at radius 2 is 1.45 bits per heavy atom. The van der Waals surface area contributed by atoms with E-state index in [0.717, 1.165) is 12.8 Å². The van der Waals surface area contributed by atoms with Crippen molar-refractivity contribution in [2.75, 3.05) is 33.5 Å². The summed E-state index contributed by atoms with van der Waals surface area (Å²) in [4.78, 5) is 22.8. The maximum atomic E-state index is 11.6. The average molecular weight is 290 g/mol. The lowest BCUT2D eigenvalue weighted by Gasteiger charge is -2.20. The van der Waals surface area contributed by atoms with Gasteiger partial charge in [-0.05, 0) is 33.1 Å². The molecule has 6 nitrogen and oxygen atoms in total. The van der Waals surface area contributed by atoms with Gasteiger partial charge in [0.25, 0.3) is 0 Å². The molecule has 118 valence electrons. The second-order valence-corrected chi connectivity index (χ2v) is 5.02. The van der Waals surface area contributed by atoms with Gasteiger partial charge in [0.15, 0.2) is 0 Å². The Balaban J connectivity index is 3.55. The van der Waals surface area contributed by atoms with Gasteiger partial charge in [0.1, 0.15) is 13.2 Å². The number of ether oxygens (including phenoxy) is 4. The smallest absolute Gasteiger partial charge is 0.462 e. The predicted molar refractivity (Wildman–Crippen MR) is 73.4 cm³/mol. The van der Waals surface area contributed by atoms with Gasteiger partial charge in [-0.1, -0.05) is 6.92 Å². The van der Waals surface area contributed by atoms with E-state index >= 15 is 0 Å². The Kier molecular flexibility index (Phi) is 9.80. The molecule has 0 fully saturated rings. The van der Waals surface area contributed by atoms with Crippen molar-refractivity contribution in [3.63, 3.8) is 0 Å². The summed E-state index contributed by atoms with van der Waals surface area (Å²) in [6.45, 7) is 6.52. The van der Waals surface area contributed by atoms with Crippen LogP contribution in [0.25, 0.3) is 0 Å². The highest BCUT2D eigenvalue weighted by molar-refractivity contribution is 5.75. The molecule has 0 aromatic heterocycles. The Bertz CT molecular complexity index is 287. The minimum Gasteiger partial charge on any atom is -0.462 e. The van der Waals surface area contributed by atoms with Crippen molar-refractivity contribution in [2.45, 2.75) is 40.0 Å². The summed E-state index contributed by atoms with van der Waals surface area (Å²) >= 11 is 0. The molecule has 0 aliphatic heterocycles. The lowest BCUT2D eigenvalue weighted by atomic mass is 9.91. The van der Waals surface area contributed by atoms with Crippen molar-refractivity contribution >= 4 is 12.1 Å². The normalized spacial score (nSPS) is 11.0. The molecule has 0 aromatic carbocycles. The molecule has 0 atom stereocenters. The molecule has 0 amide bonds. The minimum atomic E-state index is -0.742. The van der Waals surface area contributed by atoms with E-state index in [1.807, 2.05) is 20.8 Å². The third kappa shape index (κ3) is 8.74. The van der Waals surface area contributed by atoms with E-state index in [4.69, 9.17) is 18.9 Å². The van der Waals surface area contributed by atoms with E-state index in [9.17, 15) is 9.59 Å². The Labute approximate surface area is 120 Å². The van der Waals surface area contributed by atoms with Gasteiger partial charge in [-0.15, -0.1) is 0 Å². The topological polar surface area (TPSA) is 71.1 Å². The summed E-state index contributed by atoms with van der Waals surface area (Å²) in [5.74, 6) is -0.295. The van der Waals surface area contributed by atoms with E-state index in [1.165, 1.54) is 0 Å². The third-order valence-electron chi connectivity index (χ3n) is 2.94. The molecular formula is C14H26O6. The predicted octanol–water partition coefficient (Wildman–Crippen LogP) is 2.55. The maximum Gasteiger partial charge on any atom is 0.508 e. The Morgan fingerprint density at radius 1 is 0.900 bits per heavy atom. The SMILES string of the molecule is CCC(C)(C)C(=O)OCCOC(=O)OCCCCOC. The molecular weight excluding hydrogens is 264 g/mol. The molecule has 0 saturated heterocycles. The molecule has 0 spiro atoms. The lowest BCUT2D eigenvalue weighted by molar-refractivity contribution is -0.155. The standard InChI is InChI=1S/C14H26O6/c1-5-14(2,3)12(15)18-10-11-20-13(16)19-9-7-6-8-17-4/h5-11H2,1-4H3. The largest absolute Gasteiger partial charge is 0.508 e. The third-order valence-corrected chi connectivity index (χ3v) is 2.94. The molecule has 6 heteroatoms. The zero-order valence-electron chi connectivity index (χ0n) is 12.9. The van der Waals surface area contributed by atoms with Crippen molar-refractivity contribution < 1.29 is 28.5 Å². The number of methoxy groups -OCH3 is 1. The fourth-order valence-electron chi connectivity index (χ4n) is 1.14. The van der Waals surface area contributed by atoms with Crippen LogP contribution in [0, 0.1) is 5.41 Å². The first kappa shape index (κ1) is 18.7. The summed E-state index contributed by atoms with van der Waals surface area (Å²) in [6, 6.07) is 0. The van der Waals surface area contributed by atoms with Gasteiger partial charge in [-0.2, -0.15) is 0 Å². The number of unbranched alkanes of at least 4 members (excludes halogenated alkanes) is 1. The van der Waals surface area contributed by atoms with Crippen molar-refractivity contribution in [3.8, 4) is 0 Å². The first-order chi connectivity index (χ1) is 9.44. The highest BCUT2D eigenvalue weighted by Gasteiger charge is 2.26. The van der Waals surface area contributed by atoms with Gasteiger partial charge in [0.05, 0.1) is 12.0 Å². The molecule has 0 N–H and O–H groups in total. The molecule has 0 bridgehead atoms. The molecule has 0 radical (unpaired) electrons. The molecule has 20 heavy (non-hydrogen) atoms. The fraction of sp³-hybridized carbons (Fsp3) is 0.857. The monoisotopic (exact) mass is 290 g/mol. The highest BCUT2D eigenvalue weighted by atomic mass is 16.7. The summed E-state index contributed by atoms with van der Waals surface area (Å²) in [7, 11) is 1.62. The van der Waals surface area contributed by atoms with Crippen LogP contribution in [-0.2, 0) is 23.7 Å². The number of hydrogen-bond acceptors (Lipinski definition) is 6. The molecule has 0 rings (SSSR count). The second kappa shape index (κ2) is 10.5. The van der Waals surface area contributed by atoms with Gasteiger partial charge in [-0.25, -0.2) is 4.79 Å². The van der Waals surface area contributed by atoms with Crippen LogP contribution in [0.2, 0.25) is 0 Å². The van der Waals surface area contributed by atoms with Crippen LogP contribution in [0.5, 0.6) is 0 Å². The summed E-state index contributed by atoms with van der Waals surface area (Å²) in [5.41, 5.74) is -0.512. The van der Waals surface area contributed by atoms with Gasteiger partial charge >= 0.3 is 12.1 Å². The van der Waals surface area contributed by atoms with Crippen molar-refractivity contribution in [1.29, 1.82) is 0 Å². The fourth-order valence-corrected chi connectivity index (χ4v) is 1.14. The molecule has 0 heterocycles. The number of carbonyl (C=O) groups is 2. The number of hydrogen-bond donors (Lipinski definition) is 0. The molecule has 0 aliphatic rings.